The Morgan fingerprint density at radius 2 is 1.75 bits per heavy atom. The molecule has 146 valence electrons. The van der Waals surface area contributed by atoms with E-state index in [1.54, 1.807) is 41.3 Å². The predicted molar refractivity (Wildman–Crippen MR) is 100 cm³/mol. The van der Waals surface area contributed by atoms with Gasteiger partial charge in [0.05, 0.1) is 11.2 Å². The highest BCUT2D eigenvalue weighted by Crippen LogP contribution is 2.22. The number of hydrogen-bond donors (Lipinski definition) is 0. The quantitative estimate of drug-likeness (QED) is 0.666. The normalized spacial score (nSPS) is 15.7. The van der Waals surface area contributed by atoms with Crippen LogP contribution in [0, 0.1) is 6.92 Å². The number of piperazine rings is 1. The molecule has 8 nitrogen and oxygen atoms in total. The van der Waals surface area contributed by atoms with Gasteiger partial charge in [0.25, 0.3) is 5.91 Å². The van der Waals surface area contributed by atoms with Crippen molar-refractivity contribution in [2.24, 2.45) is 0 Å². The summed E-state index contributed by atoms with van der Waals surface area (Å²) in [5.41, 5.74) is 1.16. The lowest BCUT2D eigenvalue weighted by Gasteiger charge is -2.33. The molecule has 1 aromatic carbocycles. The third-order valence-corrected chi connectivity index (χ3v) is 6.59. The standard InChI is InChI=1S/C19H19N3O5S/c1-14-4-6-15(7-5-14)28(24,25)22-10-8-21(9-11-22)19(23)16-13-18(27-20-16)17-3-2-12-26-17/h2-7,12-13H,8-11H2,1H3. The number of benzene rings is 1. The van der Waals surface area contributed by atoms with E-state index < -0.39 is 10.0 Å². The number of carbonyl (C=O) groups excluding carboxylic acids is 1. The summed E-state index contributed by atoms with van der Waals surface area (Å²) in [6, 6.07) is 11.7. The third kappa shape index (κ3) is 3.46. The maximum Gasteiger partial charge on any atom is 0.276 e. The Labute approximate surface area is 162 Å². The Morgan fingerprint density at radius 3 is 2.39 bits per heavy atom. The monoisotopic (exact) mass is 401 g/mol. The average molecular weight is 401 g/mol. The average Bonchev–Trinajstić information content (AvgIpc) is 3.39. The van der Waals surface area contributed by atoms with Crippen molar-refractivity contribution >= 4 is 15.9 Å². The molecule has 1 aliphatic rings. The molecule has 9 heteroatoms. The Morgan fingerprint density at radius 1 is 1.04 bits per heavy atom. The van der Waals surface area contributed by atoms with E-state index in [2.05, 4.69) is 5.16 Å². The maximum atomic E-state index is 12.8. The van der Waals surface area contributed by atoms with Crippen molar-refractivity contribution in [2.45, 2.75) is 11.8 Å². The molecule has 0 unspecified atom stereocenters. The van der Waals surface area contributed by atoms with Crippen LogP contribution in [0.3, 0.4) is 0 Å². The van der Waals surface area contributed by atoms with Crippen LogP contribution in [-0.4, -0.2) is 54.9 Å². The van der Waals surface area contributed by atoms with Crippen LogP contribution in [0.25, 0.3) is 11.5 Å². The molecule has 0 atom stereocenters. The van der Waals surface area contributed by atoms with E-state index in [-0.39, 0.29) is 42.7 Å². The number of sulfonamides is 1. The van der Waals surface area contributed by atoms with E-state index in [1.807, 2.05) is 6.92 Å². The summed E-state index contributed by atoms with van der Waals surface area (Å²) >= 11 is 0. The zero-order valence-corrected chi connectivity index (χ0v) is 16.1. The van der Waals surface area contributed by atoms with Gasteiger partial charge in [0.15, 0.2) is 11.5 Å². The van der Waals surface area contributed by atoms with Crippen molar-refractivity contribution in [3.63, 3.8) is 0 Å². The van der Waals surface area contributed by atoms with Gasteiger partial charge in [0, 0.05) is 32.2 Å². The predicted octanol–water partition coefficient (Wildman–Crippen LogP) is 2.39. The smallest absolute Gasteiger partial charge is 0.276 e. The molecule has 0 radical (unpaired) electrons. The molecule has 0 spiro atoms. The van der Waals surface area contributed by atoms with Gasteiger partial charge in [-0.15, -0.1) is 0 Å². The van der Waals surface area contributed by atoms with Gasteiger partial charge in [-0.25, -0.2) is 8.42 Å². The van der Waals surface area contributed by atoms with Crippen LogP contribution in [0.15, 0.2) is 62.6 Å². The SMILES string of the molecule is Cc1ccc(S(=O)(=O)N2CCN(C(=O)c3cc(-c4ccco4)on3)CC2)cc1. The molecule has 2 aromatic heterocycles. The summed E-state index contributed by atoms with van der Waals surface area (Å²) < 4.78 is 37.3. The summed E-state index contributed by atoms with van der Waals surface area (Å²) in [4.78, 5) is 14.5. The summed E-state index contributed by atoms with van der Waals surface area (Å²) in [5.74, 6) is 0.559. The summed E-state index contributed by atoms with van der Waals surface area (Å²) in [5, 5.41) is 3.81. The van der Waals surface area contributed by atoms with Gasteiger partial charge < -0.3 is 13.8 Å². The van der Waals surface area contributed by atoms with Crippen molar-refractivity contribution in [1.29, 1.82) is 0 Å². The van der Waals surface area contributed by atoms with Gasteiger partial charge >= 0.3 is 0 Å². The largest absolute Gasteiger partial charge is 0.461 e. The fraction of sp³-hybridized carbons (Fsp3) is 0.263. The molecule has 1 amide bonds. The topological polar surface area (TPSA) is 96.9 Å². The Balaban J connectivity index is 1.42. The van der Waals surface area contributed by atoms with Gasteiger partial charge in [-0.1, -0.05) is 22.9 Å². The van der Waals surface area contributed by atoms with Gasteiger partial charge in [-0.2, -0.15) is 4.31 Å². The van der Waals surface area contributed by atoms with E-state index in [1.165, 1.54) is 16.6 Å². The first-order chi connectivity index (χ1) is 13.4. The van der Waals surface area contributed by atoms with Crippen molar-refractivity contribution < 1.29 is 22.2 Å². The van der Waals surface area contributed by atoms with Crippen LogP contribution in [0.1, 0.15) is 16.1 Å². The number of furan rings is 1. The second-order valence-electron chi connectivity index (χ2n) is 6.56. The lowest BCUT2D eigenvalue weighted by molar-refractivity contribution is 0.0687. The zero-order chi connectivity index (χ0) is 19.7. The molecule has 3 heterocycles. The lowest BCUT2D eigenvalue weighted by atomic mass is 10.2. The fourth-order valence-corrected chi connectivity index (χ4v) is 4.49. The molecular formula is C19H19N3O5S. The molecule has 0 N–H and O–H groups in total. The number of nitrogens with zero attached hydrogens (tertiary/aromatic N) is 3. The van der Waals surface area contributed by atoms with Gasteiger partial charge in [-0.3, -0.25) is 4.79 Å². The fourth-order valence-electron chi connectivity index (χ4n) is 3.06. The van der Waals surface area contributed by atoms with Crippen LogP contribution < -0.4 is 0 Å². The first kappa shape index (κ1) is 18.5. The number of aromatic nitrogens is 1. The summed E-state index contributed by atoms with van der Waals surface area (Å²) in [6.07, 6.45) is 1.51. The zero-order valence-electron chi connectivity index (χ0n) is 15.2. The number of hydrogen-bond acceptors (Lipinski definition) is 6. The molecule has 4 rings (SSSR count). The Bertz CT molecular complexity index is 1060. The van der Waals surface area contributed by atoms with Gasteiger partial charge in [0.1, 0.15) is 0 Å². The second kappa shape index (κ2) is 7.25. The van der Waals surface area contributed by atoms with Gasteiger partial charge in [-0.05, 0) is 31.2 Å². The number of rotatable bonds is 4. The first-order valence-corrected chi connectivity index (χ1v) is 10.3. The van der Waals surface area contributed by atoms with E-state index >= 15 is 0 Å². The second-order valence-corrected chi connectivity index (χ2v) is 8.50. The van der Waals surface area contributed by atoms with Crippen molar-refractivity contribution in [1.82, 2.24) is 14.4 Å². The van der Waals surface area contributed by atoms with Crippen LogP contribution in [-0.2, 0) is 10.0 Å². The molecular weight excluding hydrogens is 382 g/mol. The molecule has 0 saturated carbocycles. The van der Waals surface area contributed by atoms with Crippen LogP contribution in [0.5, 0.6) is 0 Å². The molecule has 0 bridgehead atoms. The number of carbonyl (C=O) groups is 1. The highest BCUT2D eigenvalue weighted by molar-refractivity contribution is 7.89. The van der Waals surface area contributed by atoms with Crippen LogP contribution >= 0.6 is 0 Å². The van der Waals surface area contributed by atoms with E-state index in [9.17, 15) is 13.2 Å². The van der Waals surface area contributed by atoms with E-state index in [0.29, 0.717) is 11.5 Å². The summed E-state index contributed by atoms with van der Waals surface area (Å²) in [7, 11) is -3.57. The van der Waals surface area contributed by atoms with Crippen LogP contribution in [0.2, 0.25) is 0 Å². The van der Waals surface area contributed by atoms with E-state index in [4.69, 9.17) is 8.94 Å². The van der Waals surface area contributed by atoms with Gasteiger partial charge in [0.2, 0.25) is 15.8 Å². The van der Waals surface area contributed by atoms with Crippen molar-refractivity contribution in [2.75, 3.05) is 26.2 Å². The number of aryl methyl sites for hydroxylation is 1. The third-order valence-electron chi connectivity index (χ3n) is 4.68. The Hall–Kier alpha value is -2.91. The molecule has 1 aliphatic heterocycles. The molecule has 1 saturated heterocycles. The minimum absolute atomic E-state index is 0.168. The van der Waals surface area contributed by atoms with Crippen molar-refractivity contribution in [3.05, 3.63) is 60.0 Å². The molecule has 0 aliphatic carbocycles. The first-order valence-electron chi connectivity index (χ1n) is 8.82. The highest BCUT2D eigenvalue weighted by atomic mass is 32.2. The number of amides is 1. The van der Waals surface area contributed by atoms with Crippen molar-refractivity contribution in [3.8, 4) is 11.5 Å². The maximum absolute atomic E-state index is 12.8. The molecule has 28 heavy (non-hydrogen) atoms. The Kier molecular flexibility index (Phi) is 4.78. The van der Waals surface area contributed by atoms with E-state index in [0.717, 1.165) is 5.56 Å². The van der Waals surface area contributed by atoms with Crippen LogP contribution in [0.4, 0.5) is 0 Å². The minimum atomic E-state index is -3.57. The molecule has 1 fully saturated rings. The highest BCUT2D eigenvalue weighted by Gasteiger charge is 2.31. The lowest BCUT2D eigenvalue weighted by Crippen LogP contribution is -2.50. The summed E-state index contributed by atoms with van der Waals surface area (Å²) in [6.45, 7) is 2.93. The minimum Gasteiger partial charge on any atom is -0.461 e. The molecule has 3 aromatic rings.